The van der Waals surface area contributed by atoms with E-state index >= 15 is 0 Å². The van der Waals surface area contributed by atoms with E-state index in [0.29, 0.717) is 11.1 Å². The molecule has 19 heavy (non-hydrogen) atoms. The van der Waals surface area contributed by atoms with Crippen LogP contribution in [0.15, 0.2) is 18.2 Å². The molecule has 1 aliphatic rings. The third-order valence-electron chi connectivity index (χ3n) is 3.32. The van der Waals surface area contributed by atoms with Crippen LogP contribution in [0.2, 0.25) is 5.02 Å². The highest BCUT2D eigenvalue weighted by Crippen LogP contribution is 2.24. The summed E-state index contributed by atoms with van der Waals surface area (Å²) in [6.07, 6.45) is 1.13. The predicted molar refractivity (Wildman–Crippen MR) is 78.1 cm³/mol. The quantitative estimate of drug-likeness (QED) is 0.686. The topological polar surface area (TPSA) is 58.4 Å². The first kappa shape index (κ1) is 16.2. The number of nitro benzene ring substituents is 1. The standard InChI is InChI=1S/C12H16ClN3O2.ClH/c1-14-10-4-5-15(8-10)7-9-2-3-11(16(17)18)6-12(9)13;/h2-3,6,10,14H,4-5,7-8H2,1H3;1H. The van der Waals surface area contributed by atoms with Gasteiger partial charge in [-0.15, -0.1) is 12.4 Å². The van der Waals surface area contributed by atoms with Crippen molar-refractivity contribution in [2.45, 2.75) is 19.0 Å². The lowest BCUT2D eigenvalue weighted by molar-refractivity contribution is -0.384. The first-order valence-corrected chi connectivity index (χ1v) is 6.30. The lowest BCUT2D eigenvalue weighted by Gasteiger charge is -2.16. The maximum atomic E-state index is 10.6. The van der Waals surface area contributed by atoms with Gasteiger partial charge in [-0.25, -0.2) is 0 Å². The normalized spacial score (nSPS) is 19.2. The van der Waals surface area contributed by atoms with Crippen molar-refractivity contribution in [2.24, 2.45) is 0 Å². The average molecular weight is 306 g/mol. The lowest BCUT2D eigenvalue weighted by atomic mass is 10.2. The molecule has 1 aliphatic heterocycles. The van der Waals surface area contributed by atoms with Crippen LogP contribution in [0.4, 0.5) is 5.69 Å². The summed E-state index contributed by atoms with van der Waals surface area (Å²) in [6.45, 7) is 2.76. The zero-order chi connectivity index (χ0) is 13.1. The fourth-order valence-corrected chi connectivity index (χ4v) is 2.47. The number of halogens is 2. The second-order valence-corrected chi connectivity index (χ2v) is 4.95. The maximum Gasteiger partial charge on any atom is 0.270 e. The van der Waals surface area contributed by atoms with E-state index in [4.69, 9.17) is 11.6 Å². The Morgan fingerprint density at radius 3 is 2.84 bits per heavy atom. The number of hydrogen-bond acceptors (Lipinski definition) is 4. The van der Waals surface area contributed by atoms with Crippen molar-refractivity contribution in [2.75, 3.05) is 20.1 Å². The van der Waals surface area contributed by atoms with Crippen molar-refractivity contribution >= 4 is 29.7 Å². The van der Waals surface area contributed by atoms with Crippen LogP contribution in [0.1, 0.15) is 12.0 Å². The van der Waals surface area contributed by atoms with Crippen molar-refractivity contribution in [1.82, 2.24) is 10.2 Å². The van der Waals surface area contributed by atoms with Crippen LogP contribution >= 0.6 is 24.0 Å². The minimum Gasteiger partial charge on any atom is -0.316 e. The highest BCUT2D eigenvalue weighted by Gasteiger charge is 2.21. The number of nitrogens with one attached hydrogen (secondary N) is 1. The van der Waals surface area contributed by atoms with Crippen molar-refractivity contribution in [3.05, 3.63) is 38.9 Å². The minimum absolute atomic E-state index is 0. The maximum absolute atomic E-state index is 10.6. The van der Waals surface area contributed by atoms with E-state index in [2.05, 4.69) is 10.2 Å². The molecule has 0 aliphatic carbocycles. The van der Waals surface area contributed by atoms with Gasteiger partial charge >= 0.3 is 0 Å². The molecular formula is C12H17Cl2N3O2. The van der Waals surface area contributed by atoms with E-state index in [1.54, 1.807) is 6.07 Å². The first-order chi connectivity index (χ1) is 8.60. The molecule has 1 aromatic carbocycles. The van der Waals surface area contributed by atoms with Gasteiger partial charge < -0.3 is 5.32 Å². The molecule has 0 bridgehead atoms. The Bertz CT molecular complexity index is 457. The highest BCUT2D eigenvalue weighted by atomic mass is 35.5. The SMILES string of the molecule is CNC1CCN(Cc2ccc([N+](=O)[O-])cc2Cl)C1.Cl. The number of likely N-dealkylation sites (N-methyl/N-ethyl adjacent to an activating group) is 1. The summed E-state index contributed by atoms with van der Waals surface area (Å²) in [7, 11) is 1.97. The number of benzene rings is 1. The number of non-ortho nitro benzene ring substituents is 1. The van der Waals surface area contributed by atoms with Crippen LogP contribution in [0.3, 0.4) is 0 Å². The van der Waals surface area contributed by atoms with Crippen molar-refractivity contribution in [1.29, 1.82) is 0 Å². The van der Waals surface area contributed by atoms with Crippen LogP contribution in [-0.4, -0.2) is 36.0 Å². The van der Waals surface area contributed by atoms with Gasteiger partial charge in [-0.05, 0) is 25.1 Å². The van der Waals surface area contributed by atoms with Crippen LogP contribution in [-0.2, 0) is 6.54 Å². The summed E-state index contributed by atoms with van der Waals surface area (Å²) in [6, 6.07) is 5.20. The predicted octanol–water partition coefficient (Wildman–Crippen LogP) is 2.46. The molecule has 1 unspecified atom stereocenters. The molecule has 2 rings (SSSR count). The van der Waals surface area contributed by atoms with Gasteiger partial charge in [0.1, 0.15) is 0 Å². The second-order valence-electron chi connectivity index (χ2n) is 4.54. The molecule has 0 radical (unpaired) electrons. The largest absolute Gasteiger partial charge is 0.316 e. The summed E-state index contributed by atoms with van der Waals surface area (Å²) in [5.41, 5.74) is 0.984. The molecular weight excluding hydrogens is 289 g/mol. The molecule has 1 N–H and O–H groups in total. The van der Waals surface area contributed by atoms with Gasteiger partial charge in [0.05, 0.1) is 9.95 Å². The van der Waals surface area contributed by atoms with Gasteiger partial charge in [-0.2, -0.15) is 0 Å². The number of nitrogens with zero attached hydrogens (tertiary/aromatic N) is 2. The second kappa shape index (κ2) is 7.05. The van der Waals surface area contributed by atoms with E-state index < -0.39 is 4.92 Å². The monoisotopic (exact) mass is 305 g/mol. The smallest absolute Gasteiger partial charge is 0.270 e. The summed E-state index contributed by atoms with van der Waals surface area (Å²) < 4.78 is 0. The zero-order valence-corrected chi connectivity index (χ0v) is 12.2. The molecule has 1 aromatic rings. The van der Waals surface area contributed by atoms with Gasteiger partial charge in [-0.1, -0.05) is 11.6 Å². The highest BCUT2D eigenvalue weighted by molar-refractivity contribution is 6.31. The summed E-state index contributed by atoms with van der Waals surface area (Å²) in [5, 5.41) is 14.3. The van der Waals surface area contributed by atoms with Crippen LogP contribution in [0.25, 0.3) is 0 Å². The number of rotatable bonds is 4. The van der Waals surface area contributed by atoms with E-state index in [1.165, 1.54) is 12.1 Å². The van der Waals surface area contributed by atoms with Gasteiger partial charge in [-0.3, -0.25) is 15.0 Å². The number of hydrogen-bond donors (Lipinski definition) is 1. The van der Waals surface area contributed by atoms with Crippen LogP contribution in [0, 0.1) is 10.1 Å². The summed E-state index contributed by atoms with van der Waals surface area (Å²) in [4.78, 5) is 12.5. The van der Waals surface area contributed by atoms with E-state index in [1.807, 2.05) is 7.05 Å². The van der Waals surface area contributed by atoms with E-state index in [0.717, 1.165) is 31.6 Å². The lowest BCUT2D eigenvalue weighted by Crippen LogP contribution is -2.29. The van der Waals surface area contributed by atoms with Gasteiger partial charge in [0.25, 0.3) is 5.69 Å². The van der Waals surface area contributed by atoms with Gasteiger partial charge in [0.2, 0.25) is 0 Å². The molecule has 0 saturated carbocycles. The average Bonchev–Trinajstić information content (AvgIpc) is 2.79. The van der Waals surface area contributed by atoms with E-state index in [9.17, 15) is 10.1 Å². The fourth-order valence-electron chi connectivity index (χ4n) is 2.23. The van der Waals surface area contributed by atoms with E-state index in [-0.39, 0.29) is 18.1 Å². The van der Waals surface area contributed by atoms with Crippen LogP contribution in [0.5, 0.6) is 0 Å². The van der Waals surface area contributed by atoms with Gasteiger partial charge in [0.15, 0.2) is 0 Å². The molecule has 1 heterocycles. The first-order valence-electron chi connectivity index (χ1n) is 5.92. The zero-order valence-electron chi connectivity index (χ0n) is 10.6. The Kier molecular flexibility index (Phi) is 6.00. The van der Waals surface area contributed by atoms with Crippen molar-refractivity contribution in [3.63, 3.8) is 0 Å². The third kappa shape index (κ3) is 4.04. The number of nitro groups is 1. The summed E-state index contributed by atoms with van der Waals surface area (Å²) >= 11 is 6.08. The Morgan fingerprint density at radius 2 is 2.32 bits per heavy atom. The Balaban J connectivity index is 0.00000180. The molecule has 5 nitrogen and oxygen atoms in total. The van der Waals surface area contributed by atoms with Crippen molar-refractivity contribution < 1.29 is 4.92 Å². The molecule has 1 fully saturated rings. The van der Waals surface area contributed by atoms with Crippen molar-refractivity contribution in [3.8, 4) is 0 Å². The molecule has 1 atom stereocenters. The molecule has 0 amide bonds. The Labute approximate surface area is 123 Å². The fraction of sp³-hybridized carbons (Fsp3) is 0.500. The molecule has 106 valence electrons. The van der Waals surface area contributed by atoms with Gasteiger partial charge in [0, 0.05) is 37.8 Å². The minimum atomic E-state index is -0.428. The molecule has 7 heteroatoms. The molecule has 1 saturated heterocycles. The Hall–Kier alpha value is -0.880. The Morgan fingerprint density at radius 1 is 1.58 bits per heavy atom. The number of likely N-dealkylation sites (tertiary alicyclic amines) is 1. The third-order valence-corrected chi connectivity index (χ3v) is 3.67. The summed E-state index contributed by atoms with van der Waals surface area (Å²) in [5.74, 6) is 0. The molecule has 0 aromatic heterocycles. The molecule has 0 spiro atoms. The van der Waals surface area contributed by atoms with Crippen LogP contribution < -0.4 is 5.32 Å².